The monoisotopic (exact) mass is 906 g/mol. The predicted octanol–water partition coefficient (Wildman–Crippen LogP) is 12.8. The highest BCUT2D eigenvalue weighted by Crippen LogP contribution is 2.23. The smallest absolute Gasteiger partial charge is 0.220 e. The second kappa shape index (κ2) is 45.2. The zero-order valence-corrected chi connectivity index (χ0v) is 41.5. The van der Waals surface area contributed by atoms with E-state index in [1.54, 1.807) is 6.08 Å². The van der Waals surface area contributed by atoms with Crippen molar-refractivity contribution in [2.45, 2.75) is 294 Å². The number of allylic oxidation sites excluding steroid dienone is 5. The summed E-state index contributed by atoms with van der Waals surface area (Å²) in [7, 11) is 0. The van der Waals surface area contributed by atoms with E-state index in [9.17, 15) is 30.3 Å². The number of rotatable bonds is 46. The number of amides is 1. The van der Waals surface area contributed by atoms with Crippen LogP contribution in [-0.2, 0) is 14.3 Å². The van der Waals surface area contributed by atoms with Crippen LogP contribution in [0.25, 0.3) is 0 Å². The van der Waals surface area contributed by atoms with Crippen molar-refractivity contribution in [3.8, 4) is 0 Å². The van der Waals surface area contributed by atoms with Gasteiger partial charge in [-0.25, -0.2) is 0 Å². The molecule has 0 aliphatic carbocycles. The maximum atomic E-state index is 13.0. The summed E-state index contributed by atoms with van der Waals surface area (Å²) in [5.41, 5.74) is 0. The summed E-state index contributed by atoms with van der Waals surface area (Å²) in [6.07, 6.45) is 50.6. The summed E-state index contributed by atoms with van der Waals surface area (Å²) in [5, 5.41) is 54.4. The molecule has 9 nitrogen and oxygen atoms in total. The van der Waals surface area contributed by atoms with Gasteiger partial charge in [0.2, 0.25) is 5.91 Å². The summed E-state index contributed by atoms with van der Waals surface area (Å²) < 4.78 is 11.2. The number of hydrogen-bond donors (Lipinski definition) is 6. The van der Waals surface area contributed by atoms with Crippen molar-refractivity contribution in [1.82, 2.24) is 5.32 Å². The maximum absolute atomic E-state index is 13.0. The number of carbonyl (C=O) groups excluding carboxylic acids is 1. The zero-order valence-electron chi connectivity index (χ0n) is 41.5. The Kier molecular flexibility index (Phi) is 42.7. The van der Waals surface area contributed by atoms with E-state index in [0.717, 1.165) is 57.8 Å². The SMILES string of the molecule is CCCCCCCCCCC/C=C\CCCCCCCC(=O)NC(COC1OC(CO)C(O)C(O)C1O)C(O)/C=C/CC/C=C/CCCCCCCCCCCCCCCCCCC. The van der Waals surface area contributed by atoms with Crippen LogP contribution in [0.2, 0.25) is 0 Å². The molecule has 1 fully saturated rings. The molecule has 0 aromatic rings. The average Bonchev–Trinajstić information content (AvgIpc) is 3.29. The van der Waals surface area contributed by atoms with Crippen molar-refractivity contribution < 1.29 is 39.8 Å². The minimum atomic E-state index is -1.57. The van der Waals surface area contributed by atoms with Gasteiger partial charge in [-0.2, -0.15) is 0 Å². The third-order valence-corrected chi connectivity index (χ3v) is 12.9. The molecule has 0 spiro atoms. The molecule has 376 valence electrons. The molecule has 0 bridgehead atoms. The maximum Gasteiger partial charge on any atom is 0.220 e. The van der Waals surface area contributed by atoms with Gasteiger partial charge >= 0.3 is 0 Å². The summed E-state index contributed by atoms with van der Waals surface area (Å²) in [4.78, 5) is 13.0. The van der Waals surface area contributed by atoms with Gasteiger partial charge in [0.15, 0.2) is 6.29 Å². The van der Waals surface area contributed by atoms with Crippen LogP contribution in [-0.4, -0.2) is 87.5 Å². The summed E-state index contributed by atoms with van der Waals surface area (Å²) in [6, 6.07) is -0.825. The topological polar surface area (TPSA) is 149 Å². The van der Waals surface area contributed by atoms with Gasteiger partial charge in [0.1, 0.15) is 24.4 Å². The van der Waals surface area contributed by atoms with Crippen molar-refractivity contribution in [2.24, 2.45) is 0 Å². The Morgan fingerprint density at radius 2 is 0.891 bits per heavy atom. The van der Waals surface area contributed by atoms with Crippen LogP contribution in [0.5, 0.6) is 0 Å². The molecule has 0 aromatic carbocycles. The Bertz CT molecular complexity index is 1100. The Morgan fingerprint density at radius 1 is 0.516 bits per heavy atom. The third kappa shape index (κ3) is 34.7. The van der Waals surface area contributed by atoms with Gasteiger partial charge in [0.25, 0.3) is 0 Å². The largest absolute Gasteiger partial charge is 0.394 e. The molecule has 1 aliphatic heterocycles. The van der Waals surface area contributed by atoms with Crippen molar-refractivity contribution in [2.75, 3.05) is 13.2 Å². The third-order valence-electron chi connectivity index (χ3n) is 12.9. The van der Waals surface area contributed by atoms with E-state index < -0.39 is 49.5 Å². The van der Waals surface area contributed by atoms with Crippen LogP contribution in [0, 0.1) is 0 Å². The van der Waals surface area contributed by atoms with E-state index in [1.807, 2.05) is 6.08 Å². The normalized spacial score (nSPS) is 20.3. The molecule has 0 aromatic heterocycles. The highest BCUT2D eigenvalue weighted by Gasteiger charge is 2.44. The molecule has 0 saturated carbocycles. The van der Waals surface area contributed by atoms with Crippen molar-refractivity contribution in [1.29, 1.82) is 0 Å². The van der Waals surface area contributed by atoms with E-state index in [0.29, 0.717) is 6.42 Å². The first-order chi connectivity index (χ1) is 31.3. The fourth-order valence-corrected chi connectivity index (χ4v) is 8.58. The first-order valence-corrected chi connectivity index (χ1v) is 27.2. The van der Waals surface area contributed by atoms with Gasteiger partial charge in [-0.15, -0.1) is 0 Å². The Morgan fingerprint density at radius 3 is 1.31 bits per heavy atom. The fraction of sp³-hybridized carbons (Fsp3) is 0.873. The molecule has 7 atom stereocenters. The second-order valence-corrected chi connectivity index (χ2v) is 19.0. The quantitative estimate of drug-likeness (QED) is 0.0261. The van der Waals surface area contributed by atoms with Crippen LogP contribution >= 0.6 is 0 Å². The van der Waals surface area contributed by atoms with E-state index >= 15 is 0 Å². The molecule has 1 heterocycles. The molecule has 1 amide bonds. The highest BCUT2D eigenvalue weighted by atomic mass is 16.7. The Hall–Kier alpha value is -1.59. The Balaban J connectivity index is 2.29. The van der Waals surface area contributed by atoms with Gasteiger partial charge in [-0.3, -0.25) is 4.79 Å². The minimum absolute atomic E-state index is 0.193. The summed E-state index contributed by atoms with van der Waals surface area (Å²) in [5.74, 6) is -0.193. The van der Waals surface area contributed by atoms with Crippen molar-refractivity contribution in [3.63, 3.8) is 0 Å². The molecule has 7 unspecified atom stereocenters. The first-order valence-electron chi connectivity index (χ1n) is 27.2. The van der Waals surface area contributed by atoms with Crippen LogP contribution in [0.4, 0.5) is 0 Å². The zero-order chi connectivity index (χ0) is 46.6. The molecule has 1 rings (SSSR count). The number of aliphatic hydroxyl groups is 5. The standard InChI is InChI=1S/C55H103NO8/c1-3-5-7-9-11-13-15-17-19-21-23-24-25-26-27-28-30-32-34-36-38-40-42-44-49(58)48(47-63-55-54(62)53(61)52(60)50(46-57)64-55)56-51(59)45-43-41-39-37-35-33-31-29-22-20-18-16-14-12-10-8-6-4-2/h29,31,34,36,42,44,48-50,52-55,57-58,60-62H,3-28,30,32-33,35,37-41,43,45-47H2,1-2H3,(H,56,59)/b31-29-,36-34+,44-42+. The number of carbonyl (C=O) groups is 1. The van der Waals surface area contributed by atoms with E-state index in [-0.39, 0.29) is 12.5 Å². The molecular formula is C55H103NO8. The van der Waals surface area contributed by atoms with Crippen LogP contribution in [0.15, 0.2) is 36.5 Å². The van der Waals surface area contributed by atoms with E-state index in [4.69, 9.17) is 9.47 Å². The lowest BCUT2D eigenvalue weighted by molar-refractivity contribution is -0.302. The summed E-state index contributed by atoms with van der Waals surface area (Å²) >= 11 is 0. The van der Waals surface area contributed by atoms with Gasteiger partial charge in [-0.05, 0) is 57.8 Å². The lowest BCUT2D eigenvalue weighted by atomic mass is 9.99. The predicted molar refractivity (Wildman–Crippen MR) is 267 cm³/mol. The van der Waals surface area contributed by atoms with Gasteiger partial charge in [-0.1, -0.05) is 224 Å². The fourth-order valence-electron chi connectivity index (χ4n) is 8.58. The second-order valence-electron chi connectivity index (χ2n) is 19.0. The summed E-state index contributed by atoms with van der Waals surface area (Å²) in [6.45, 7) is 3.78. The molecule has 9 heteroatoms. The minimum Gasteiger partial charge on any atom is -0.394 e. The van der Waals surface area contributed by atoms with Crippen molar-refractivity contribution in [3.05, 3.63) is 36.5 Å². The molecule has 6 N–H and O–H groups in total. The number of unbranched alkanes of at least 4 members (excludes halogenated alkanes) is 32. The number of aliphatic hydroxyl groups excluding tert-OH is 5. The van der Waals surface area contributed by atoms with Gasteiger partial charge < -0.3 is 40.3 Å². The molecule has 64 heavy (non-hydrogen) atoms. The number of ether oxygens (including phenoxy) is 2. The van der Waals surface area contributed by atoms with Crippen LogP contribution in [0.3, 0.4) is 0 Å². The average molecular weight is 906 g/mol. The Labute approximate surface area is 393 Å². The first kappa shape index (κ1) is 60.4. The van der Waals surface area contributed by atoms with E-state index in [2.05, 4.69) is 43.5 Å². The van der Waals surface area contributed by atoms with Crippen LogP contribution < -0.4 is 5.32 Å². The highest BCUT2D eigenvalue weighted by molar-refractivity contribution is 5.76. The molecule has 0 radical (unpaired) electrons. The number of nitrogens with one attached hydrogen (secondary N) is 1. The lowest BCUT2D eigenvalue weighted by Crippen LogP contribution is -2.60. The number of hydrogen-bond acceptors (Lipinski definition) is 8. The van der Waals surface area contributed by atoms with Gasteiger partial charge in [0, 0.05) is 6.42 Å². The molecule has 1 saturated heterocycles. The van der Waals surface area contributed by atoms with Crippen LogP contribution in [0.1, 0.15) is 251 Å². The van der Waals surface area contributed by atoms with Crippen molar-refractivity contribution >= 4 is 5.91 Å². The molecule has 1 aliphatic rings. The lowest BCUT2D eigenvalue weighted by Gasteiger charge is -2.40. The van der Waals surface area contributed by atoms with Gasteiger partial charge in [0.05, 0.1) is 25.4 Å². The van der Waals surface area contributed by atoms with E-state index in [1.165, 1.54) is 173 Å². The molecular weight excluding hydrogens is 803 g/mol.